The van der Waals surface area contributed by atoms with E-state index in [4.69, 9.17) is 9.47 Å². The van der Waals surface area contributed by atoms with E-state index in [1.165, 1.54) is 0 Å². The molecule has 26 heavy (non-hydrogen) atoms. The van der Waals surface area contributed by atoms with Crippen molar-refractivity contribution in [2.45, 2.75) is 39.2 Å². The summed E-state index contributed by atoms with van der Waals surface area (Å²) in [5.74, 6) is 1.72. The van der Waals surface area contributed by atoms with Crippen LogP contribution in [0.2, 0.25) is 0 Å². The van der Waals surface area contributed by atoms with Gasteiger partial charge in [0.2, 0.25) is 5.91 Å². The maximum atomic E-state index is 12.6. The highest BCUT2D eigenvalue weighted by molar-refractivity contribution is 5.97. The maximum Gasteiger partial charge on any atom is 0.246 e. The first-order valence-corrected chi connectivity index (χ1v) is 9.10. The van der Waals surface area contributed by atoms with Gasteiger partial charge in [-0.2, -0.15) is 0 Å². The standard InChI is InChI=1S/C21H26N2O3/c1-14(2)17-7-4-5-8-18(17)23-21(24)15(3)22-16-9-10-19-20(13-16)26-12-6-11-25-19/h4-5,7-10,13-15,22H,6,11-12H2,1-3H3,(H,23,24)/t15-/m0/s1. The fourth-order valence-electron chi connectivity index (χ4n) is 2.92. The molecule has 0 spiro atoms. The van der Waals surface area contributed by atoms with Crippen molar-refractivity contribution in [3.05, 3.63) is 48.0 Å². The molecule has 2 N–H and O–H groups in total. The monoisotopic (exact) mass is 354 g/mol. The summed E-state index contributed by atoms with van der Waals surface area (Å²) in [6.45, 7) is 7.37. The lowest BCUT2D eigenvalue weighted by molar-refractivity contribution is -0.116. The number of amides is 1. The molecule has 3 rings (SSSR count). The molecular weight excluding hydrogens is 328 g/mol. The molecule has 0 aromatic heterocycles. The van der Waals surface area contributed by atoms with Crippen molar-refractivity contribution < 1.29 is 14.3 Å². The van der Waals surface area contributed by atoms with Crippen LogP contribution in [0.25, 0.3) is 0 Å². The summed E-state index contributed by atoms with van der Waals surface area (Å²) in [7, 11) is 0. The summed E-state index contributed by atoms with van der Waals surface area (Å²) in [5.41, 5.74) is 2.82. The first-order valence-electron chi connectivity index (χ1n) is 9.10. The number of hydrogen-bond acceptors (Lipinski definition) is 4. The highest BCUT2D eigenvalue weighted by atomic mass is 16.5. The molecule has 1 aliphatic rings. The van der Waals surface area contributed by atoms with Crippen LogP contribution in [0.5, 0.6) is 11.5 Å². The van der Waals surface area contributed by atoms with Crippen LogP contribution in [0, 0.1) is 0 Å². The molecule has 0 fully saturated rings. The minimum Gasteiger partial charge on any atom is -0.490 e. The summed E-state index contributed by atoms with van der Waals surface area (Å²) < 4.78 is 11.3. The van der Waals surface area contributed by atoms with Gasteiger partial charge < -0.3 is 20.1 Å². The van der Waals surface area contributed by atoms with E-state index in [0.29, 0.717) is 24.9 Å². The van der Waals surface area contributed by atoms with Gasteiger partial charge in [0, 0.05) is 23.9 Å². The first-order chi connectivity index (χ1) is 12.5. The largest absolute Gasteiger partial charge is 0.490 e. The van der Waals surface area contributed by atoms with Gasteiger partial charge in [-0.1, -0.05) is 32.0 Å². The zero-order valence-electron chi connectivity index (χ0n) is 15.5. The molecule has 0 aliphatic carbocycles. The molecule has 0 saturated carbocycles. The Hall–Kier alpha value is -2.69. The molecule has 1 amide bonds. The molecule has 5 heteroatoms. The molecule has 138 valence electrons. The zero-order chi connectivity index (χ0) is 18.5. The van der Waals surface area contributed by atoms with Crippen molar-refractivity contribution in [1.29, 1.82) is 0 Å². The number of nitrogens with one attached hydrogen (secondary N) is 2. The molecule has 0 saturated heterocycles. The molecule has 5 nitrogen and oxygen atoms in total. The van der Waals surface area contributed by atoms with E-state index in [1.807, 2.05) is 49.4 Å². The average Bonchev–Trinajstić information content (AvgIpc) is 2.86. The molecule has 2 aromatic carbocycles. The van der Waals surface area contributed by atoms with Crippen molar-refractivity contribution in [2.75, 3.05) is 23.8 Å². The number of rotatable bonds is 5. The van der Waals surface area contributed by atoms with Gasteiger partial charge in [-0.15, -0.1) is 0 Å². The van der Waals surface area contributed by atoms with Gasteiger partial charge in [0.15, 0.2) is 11.5 Å². The molecular formula is C21H26N2O3. The maximum absolute atomic E-state index is 12.6. The van der Waals surface area contributed by atoms with E-state index in [-0.39, 0.29) is 11.9 Å². The van der Waals surface area contributed by atoms with Crippen LogP contribution in [0.4, 0.5) is 11.4 Å². The Kier molecular flexibility index (Phi) is 5.66. The Labute approximate surface area is 154 Å². The number of anilines is 2. The quantitative estimate of drug-likeness (QED) is 0.835. The Balaban J connectivity index is 1.67. The Bertz CT molecular complexity index is 774. The van der Waals surface area contributed by atoms with Gasteiger partial charge in [0.05, 0.1) is 13.2 Å². The number of carbonyl (C=O) groups excluding carboxylic acids is 1. The van der Waals surface area contributed by atoms with Crippen molar-refractivity contribution in [3.63, 3.8) is 0 Å². The first kappa shape index (κ1) is 18.1. The van der Waals surface area contributed by atoms with Crippen LogP contribution in [-0.2, 0) is 4.79 Å². The van der Waals surface area contributed by atoms with Gasteiger partial charge in [0.25, 0.3) is 0 Å². The fourth-order valence-corrected chi connectivity index (χ4v) is 2.92. The number of fused-ring (bicyclic) bond motifs is 1. The zero-order valence-corrected chi connectivity index (χ0v) is 15.5. The molecule has 0 bridgehead atoms. The van der Waals surface area contributed by atoms with E-state index in [1.54, 1.807) is 0 Å². The van der Waals surface area contributed by atoms with Crippen molar-refractivity contribution >= 4 is 17.3 Å². The third-order valence-electron chi connectivity index (χ3n) is 4.36. The van der Waals surface area contributed by atoms with Crippen molar-refractivity contribution in [1.82, 2.24) is 0 Å². The summed E-state index contributed by atoms with van der Waals surface area (Å²) in [5, 5.41) is 6.26. The number of carbonyl (C=O) groups is 1. The summed E-state index contributed by atoms with van der Waals surface area (Å²) >= 11 is 0. The lowest BCUT2D eigenvalue weighted by atomic mass is 10.0. The Morgan fingerprint density at radius 3 is 2.50 bits per heavy atom. The van der Waals surface area contributed by atoms with E-state index < -0.39 is 0 Å². The summed E-state index contributed by atoms with van der Waals surface area (Å²) in [6.07, 6.45) is 0.867. The summed E-state index contributed by atoms with van der Waals surface area (Å²) in [4.78, 5) is 12.6. The van der Waals surface area contributed by atoms with Crippen LogP contribution in [0.1, 0.15) is 38.7 Å². The van der Waals surface area contributed by atoms with Crippen LogP contribution in [0.15, 0.2) is 42.5 Å². The lowest BCUT2D eigenvalue weighted by Gasteiger charge is -2.19. The number of ether oxygens (including phenoxy) is 2. The van der Waals surface area contributed by atoms with Crippen LogP contribution in [-0.4, -0.2) is 25.2 Å². The van der Waals surface area contributed by atoms with Gasteiger partial charge in [-0.05, 0) is 36.6 Å². The van der Waals surface area contributed by atoms with Gasteiger partial charge >= 0.3 is 0 Å². The van der Waals surface area contributed by atoms with E-state index in [2.05, 4.69) is 24.5 Å². The SMILES string of the molecule is CC(C)c1ccccc1NC(=O)[C@H](C)Nc1ccc2c(c1)OCCCO2. The molecule has 2 aromatic rings. The third-order valence-corrected chi connectivity index (χ3v) is 4.36. The molecule has 1 atom stereocenters. The lowest BCUT2D eigenvalue weighted by Crippen LogP contribution is -2.32. The van der Waals surface area contributed by atoms with Gasteiger partial charge in [-0.25, -0.2) is 0 Å². The smallest absolute Gasteiger partial charge is 0.246 e. The van der Waals surface area contributed by atoms with E-state index in [9.17, 15) is 4.79 Å². The minimum absolute atomic E-state index is 0.0785. The predicted octanol–water partition coefficient (Wildman–Crippen LogP) is 4.41. The fraction of sp³-hybridized carbons (Fsp3) is 0.381. The molecule has 0 unspecified atom stereocenters. The van der Waals surface area contributed by atoms with Gasteiger partial charge in [-0.3, -0.25) is 4.79 Å². The normalized spacial score (nSPS) is 14.5. The molecule has 1 heterocycles. The topological polar surface area (TPSA) is 59.6 Å². The molecule has 0 radical (unpaired) electrons. The summed E-state index contributed by atoms with van der Waals surface area (Å²) in [6, 6.07) is 13.2. The van der Waals surface area contributed by atoms with Crippen molar-refractivity contribution in [3.8, 4) is 11.5 Å². The van der Waals surface area contributed by atoms with E-state index >= 15 is 0 Å². The minimum atomic E-state index is -0.389. The second-order valence-corrected chi connectivity index (χ2v) is 6.81. The van der Waals surface area contributed by atoms with E-state index in [0.717, 1.165) is 29.1 Å². The Morgan fingerprint density at radius 2 is 1.73 bits per heavy atom. The number of benzene rings is 2. The third kappa shape index (κ3) is 4.28. The highest BCUT2D eigenvalue weighted by Crippen LogP contribution is 2.32. The Morgan fingerprint density at radius 1 is 1.00 bits per heavy atom. The predicted molar refractivity (Wildman–Crippen MR) is 104 cm³/mol. The number of para-hydroxylation sites is 1. The van der Waals surface area contributed by atoms with Crippen LogP contribution < -0.4 is 20.1 Å². The molecule has 1 aliphatic heterocycles. The van der Waals surface area contributed by atoms with Crippen LogP contribution >= 0.6 is 0 Å². The van der Waals surface area contributed by atoms with Gasteiger partial charge in [0.1, 0.15) is 6.04 Å². The second kappa shape index (κ2) is 8.13. The van der Waals surface area contributed by atoms with Crippen LogP contribution in [0.3, 0.4) is 0 Å². The second-order valence-electron chi connectivity index (χ2n) is 6.81. The average molecular weight is 354 g/mol. The van der Waals surface area contributed by atoms with Crippen molar-refractivity contribution in [2.24, 2.45) is 0 Å². The highest BCUT2D eigenvalue weighted by Gasteiger charge is 2.17. The number of hydrogen-bond donors (Lipinski definition) is 2.